The molecule has 0 aliphatic heterocycles. The Morgan fingerprint density at radius 1 is 1.29 bits per heavy atom. The molecule has 0 aliphatic carbocycles. The molecule has 88 valence electrons. The van der Waals surface area contributed by atoms with E-state index in [1.807, 2.05) is 30.3 Å². The Morgan fingerprint density at radius 2 is 2.06 bits per heavy atom. The van der Waals surface area contributed by atoms with Crippen LogP contribution in [0.2, 0.25) is 5.02 Å². The maximum atomic E-state index is 10.7. The average Bonchev–Trinajstić information content (AvgIpc) is 2.80. The van der Waals surface area contributed by atoms with Crippen LogP contribution in [0.5, 0.6) is 0 Å². The molecule has 0 radical (unpaired) electrons. The number of halogens is 1. The van der Waals surface area contributed by atoms with Crippen molar-refractivity contribution in [1.29, 1.82) is 0 Å². The van der Waals surface area contributed by atoms with Crippen molar-refractivity contribution in [3.05, 3.63) is 69.0 Å². The summed E-state index contributed by atoms with van der Waals surface area (Å²) in [5.41, 5.74) is 1.57. The van der Waals surface area contributed by atoms with Gasteiger partial charge >= 0.3 is 0 Å². The molecule has 4 nitrogen and oxygen atoms in total. The molecule has 1 aromatic heterocycles. The van der Waals surface area contributed by atoms with Gasteiger partial charge in [0.1, 0.15) is 0 Å². The quantitative estimate of drug-likeness (QED) is 0.670. The summed E-state index contributed by atoms with van der Waals surface area (Å²) < 4.78 is 0. The molecule has 5 heteroatoms. The van der Waals surface area contributed by atoms with Crippen LogP contribution in [0.15, 0.2) is 42.6 Å². The summed E-state index contributed by atoms with van der Waals surface area (Å²) in [6, 6.07) is 10.8. The van der Waals surface area contributed by atoms with Crippen molar-refractivity contribution in [2.24, 2.45) is 0 Å². The largest absolute Gasteiger partial charge is 0.364 e. The Kier molecular flexibility index (Phi) is 3.44. The van der Waals surface area contributed by atoms with Crippen molar-refractivity contribution in [3.8, 4) is 0 Å². The molecule has 0 bridgehead atoms. The normalized spacial score (nSPS) is 12.3. The fraction of sp³-hybridized carbons (Fsp3) is 0.167. The summed E-state index contributed by atoms with van der Waals surface area (Å²) in [7, 11) is 0. The topological polar surface area (TPSA) is 58.9 Å². The van der Waals surface area contributed by atoms with Crippen molar-refractivity contribution in [2.45, 2.75) is 5.92 Å². The van der Waals surface area contributed by atoms with Crippen LogP contribution in [0.25, 0.3) is 0 Å². The highest BCUT2D eigenvalue weighted by Gasteiger charge is 2.22. The third-order valence-electron chi connectivity index (χ3n) is 2.61. The summed E-state index contributed by atoms with van der Waals surface area (Å²) in [5, 5.41) is 11.3. The second-order valence-electron chi connectivity index (χ2n) is 3.71. The maximum absolute atomic E-state index is 10.7. The second kappa shape index (κ2) is 5.01. The molecule has 0 fully saturated rings. The number of rotatable bonds is 4. The van der Waals surface area contributed by atoms with Crippen molar-refractivity contribution in [2.75, 3.05) is 6.54 Å². The third kappa shape index (κ3) is 2.65. The van der Waals surface area contributed by atoms with Gasteiger partial charge in [-0.25, -0.2) is 0 Å². The number of hydrogen-bond donors (Lipinski definition) is 1. The van der Waals surface area contributed by atoms with Gasteiger partial charge in [-0.15, -0.1) is 0 Å². The van der Waals surface area contributed by atoms with Crippen LogP contribution in [0.4, 0.5) is 0 Å². The number of aromatic amines is 1. The second-order valence-corrected chi connectivity index (χ2v) is 4.12. The van der Waals surface area contributed by atoms with E-state index in [2.05, 4.69) is 4.98 Å². The predicted octanol–water partition coefficient (Wildman–Crippen LogP) is 3.08. The molecule has 2 aromatic rings. The average molecular weight is 251 g/mol. The first kappa shape index (κ1) is 11.7. The van der Waals surface area contributed by atoms with Crippen LogP contribution in [0.1, 0.15) is 17.2 Å². The minimum absolute atomic E-state index is 0.176. The van der Waals surface area contributed by atoms with Gasteiger partial charge in [0.2, 0.25) is 6.54 Å². The van der Waals surface area contributed by atoms with Crippen molar-refractivity contribution < 1.29 is 4.92 Å². The van der Waals surface area contributed by atoms with E-state index in [-0.39, 0.29) is 17.4 Å². The number of hydrogen-bond acceptors (Lipinski definition) is 2. The van der Waals surface area contributed by atoms with Crippen LogP contribution >= 0.6 is 11.6 Å². The SMILES string of the molecule is O=[N+]([O-])C[C@@H](c1ccc[nH]1)c1ccccc1Cl. The minimum atomic E-state index is -0.339. The van der Waals surface area contributed by atoms with Crippen LogP contribution < -0.4 is 0 Å². The molecular weight excluding hydrogens is 240 g/mol. The maximum Gasteiger partial charge on any atom is 0.216 e. The first-order valence-electron chi connectivity index (χ1n) is 5.18. The molecule has 0 saturated carbocycles. The lowest BCUT2D eigenvalue weighted by molar-refractivity contribution is -0.481. The number of benzene rings is 1. The molecule has 0 amide bonds. The molecule has 2 rings (SSSR count). The van der Waals surface area contributed by atoms with E-state index < -0.39 is 0 Å². The number of aromatic nitrogens is 1. The Bertz CT molecular complexity index is 511. The fourth-order valence-electron chi connectivity index (χ4n) is 1.83. The number of nitrogens with zero attached hydrogens (tertiary/aromatic N) is 1. The lowest BCUT2D eigenvalue weighted by Gasteiger charge is -2.13. The Hall–Kier alpha value is -1.81. The highest BCUT2D eigenvalue weighted by Crippen LogP contribution is 2.29. The molecule has 1 N–H and O–H groups in total. The first-order chi connectivity index (χ1) is 8.18. The molecule has 0 spiro atoms. The van der Waals surface area contributed by atoms with E-state index >= 15 is 0 Å². The van der Waals surface area contributed by atoms with Gasteiger partial charge in [-0.3, -0.25) is 10.1 Å². The number of nitro groups is 1. The van der Waals surface area contributed by atoms with E-state index in [0.29, 0.717) is 5.02 Å². The van der Waals surface area contributed by atoms with E-state index in [1.165, 1.54) is 0 Å². The monoisotopic (exact) mass is 250 g/mol. The van der Waals surface area contributed by atoms with E-state index in [4.69, 9.17) is 11.6 Å². The summed E-state index contributed by atoms with van der Waals surface area (Å²) in [6.07, 6.45) is 1.75. The van der Waals surface area contributed by atoms with Crippen molar-refractivity contribution >= 4 is 11.6 Å². The third-order valence-corrected chi connectivity index (χ3v) is 2.95. The number of H-pyrrole nitrogens is 1. The summed E-state index contributed by atoms with van der Waals surface area (Å²) in [6.45, 7) is -0.176. The van der Waals surface area contributed by atoms with Gasteiger partial charge in [-0.05, 0) is 23.8 Å². The number of nitrogens with one attached hydrogen (secondary N) is 1. The lowest BCUT2D eigenvalue weighted by Crippen LogP contribution is -2.14. The van der Waals surface area contributed by atoms with Gasteiger partial charge in [0.05, 0.1) is 5.92 Å². The van der Waals surface area contributed by atoms with Crippen LogP contribution in [0, 0.1) is 10.1 Å². The first-order valence-corrected chi connectivity index (χ1v) is 5.56. The standard InChI is InChI=1S/C12H11ClN2O2/c13-11-5-2-1-4-9(11)10(8-15(16)17)12-6-3-7-14-12/h1-7,10,14H,8H2/t10-/m1/s1. The van der Waals surface area contributed by atoms with Gasteiger partial charge in [0, 0.05) is 21.8 Å². The molecule has 0 unspecified atom stereocenters. The fourth-order valence-corrected chi connectivity index (χ4v) is 2.10. The smallest absolute Gasteiger partial charge is 0.216 e. The molecular formula is C12H11ClN2O2. The Morgan fingerprint density at radius 3 is 2.65 bits per heavy atom. The zero-order valence-corrected chi connectivity index (χ0v) is 9.72. The molecule has 1 atom stereocenters. The molecule has 17 heavy (non-hydrogen) atoms. The zero-order valence-electron chi connectivity index (χ0n) is 8.97. The predicted molar refractivity (Wildman–Crippen MR) is 65.9 cm³/mol. The molecule has 1 aromatic carbocycles. The van der Waals surface area contributed by atoms with Crippen molar-refractivity contribution in [3.63, 3.8) is 0 Å². The molecule has 0 aliphatic rings. The van der Waals surface area contributed by atoms with Crippen LogP contribution in [0.3, 0.4) is 0 Å². The summed E-state index contributed by atoms with van der Waals surface area (Å²) in [5.74, 6) is -0.339. The minimum Gasteiger partial charge on any atom is -0.364 e. The van der Waals surface area contributed by atoms with Crippen LogP contribution in [-0.2, 0) is 0 Å². The van der Waals surface area contributed by atoms with Gasteiger partial charge in [-0.1, -0.05) is 29.8 Å². The van der Waals surface area contributed by atoms with E-state index in [9.17, 15) is 10.1 Å². The Balaban J connectivity index is 2.41. The zero-order chi connectivity index (χ0) is 12.3. The lowest BCUT2D eigenvalue weighted by atomic mass is 9.96. The van der Waals surface area contributed by atoms with Gasteiger partial charge < -0.3 is 4.98 Å². The van der Waals surface area contributed by atoms with E-state index in [0.717, 1.165) is 11.3 Å². The van der Waals surface area contributed by atoms with Gasteiger partial charge in [0.25, 0.3) is 0 Å². The molecule has 0 saturated heterocycles. The molecule has 1 heterocycles. The van der Waals surface area contributed by atoms with E-state index in [1.54, 1.807) is 12.3 Å². The summed E-state index contributed by atoms with van der Waals surface area (Å²) >= 11 is 6.08. The van der Waals surface area contributed by atoms with Gasteiger partial charge in [0.15, 0.2) is 0 Å². The highest BCUT2D eigenvalue weighted by atomic mass is 35.5. The summed E-state index contributed by atoms with van der Waals surface area (Å²) in [4.78, 5) is 13.4. The van der Waals surface area contributed by atoms with Crippen molar-refractivity contribution in [1.82, 2.24) is 4.98 Å². The van der Waals surface area contributed by atoms with Crippen LogP contribution in [-0.4, -0.2) is 16.5 Å². The Labute approximate surface area is 103 Å². The highest BCUT2D eigenvalue weighted by molar-refractivity contribution is 6.31. The van der Waals surface area contributed by atoms with Gasteiger partial charge in [-0.2, -0.15) is 0 Å².